The van der Waals surface area contributed by atoms with Gasteiger partial charge in [0.2, 0.25) is 0 Å². The molecule has 1 nitrogen and oxygen atoms in total. The summed E-state index contributed by atoms with van der Waals surface area (Å²) in [7, 11) is 0. The summed E-state index contributed by atoms with van der Waals surface area (Å²) in [6.45, 7) is 6.27. The van der Waals surface area contributed by atoms with Crippen molar-refractivity contribution in [3.8, 4) is 0 Å². The van der Waals surface area contributed by atoms with E-state index in [1.807, 2.05) is 6.07 Å². The molecule has 1 saturated carbocycles. The summed E-state index contributed by atoms with van der Waals surface area (Å²) in [6, 6.07) is 10.4. The van der Waals surface area contributed by atoms with E-state index in [1.54, 1.807) is 0 Å². The SMILES string of the molecule is CCC1(C)C(=O)C(C)C1c1ccccc1. The molecule has 0 aliphatic heterocycles. The van der Waals surface area contributed by atoms with Gasteiger partial charge in [0.15, 0.2) is 0 Å². The summed E-state index contributed by atoms with van der Waals surface area (Å²) in [4.78, 5) is 11.9. The molecule has 80 valence electrons. The fourth-order valence-electron chi connectivity index (χ4n) is 2.99. The van der Waals surface area contributed by atoms with Crippen molar-refractivity contribution in [2.75, 3.05) is 0 Å². The predicted molar refractivity (Wildman–Crippen MR) is 61.8 cm³/mol. The number of benzene rings is 1. The Kier molecular flexibility index (Phi) is 2.41. The van der Waals surface area contributed by atoms with E-state index in [9.17, 15) is 4.79 Å². The van der Waals surface area contributed by atoms with Gasteiger partial charge in [-0.1, -0.05) is 51.1 Å². The minimum atomic E-state index is -0.124. The van der Waals surface area contributed by atoms with Gasteiger partial charge in [0.05, 0.1) is 0 Å². The van der Waals surface area contributed by atoms with Crippen LogP contribution >= 0.6 is 0 Å². The van der Waals surface area contributed by atoms with Crippen LogP contribution in [-0.4, -0.2) is 5.78 Å². The van der Waals surface area contributed by atoms with Crippen LogP contribution in [-0.2, 0) is 4.79 Å². The predicted octanol–water partition coefficient (Wildman–Crippen LogP) is 3.41. The van der Waals surface area contributed by atoms with Crippen LogP contribution in [0, 0.1) is 11.3 Å². The zero-order chi connectivity index (χ0) is 11.1. The second-order valence-electron chi connectivity index (χ2n) is 4.81. The van der Waals surface area contributed by atoms with Crippen molar-refractivity contribution in [2.45, 2.75) is 33.1 Å². The molecule has 15 heavy (non-hydrogen) atoms. The Bertz CT molecular complexity index is 368. The van der Waals surface area contributed by atoms with Crippen molar-refractivity contribution in [1.82, 2.24) is 0 Å². The Morgan fingerprint density at radius 2 is 1.87 bits per heavy atom. The van der Waals surface area contributed by atoms with Crippen LogP contribution in [0.5, 0.6) is 0 Å². The van der Waals surface area contributed by atoms with Crippen LogP contribution in [0.1, 0.15) is 38.7 Å². The monoisotopic (exact) mass is 202 g/mol. The summed E-state index contributed by atoms with van der Waals surface area (Å²) in [5.41, 5.74) is 1.19. The molecular formula is C14H18O. The van der Waals surface area contributed by atoms with E-state index in [0.717, 1.165) is 6.42 Å². The van der Waals surface area contributed by atoms with E-state index in [1.165, 1.54) is 5.56 Å². The first-order valence-electron chi connectivity index (χ1n) is 5.70. The fraction of sp³-hybridized carbons (Fsp3) is 0.500. The van der Waals surface area contributed by atoms with Crippen LogP contribution in [0.3, 0.4) is 0 Å². The molecule has 0 radical (unpaired) electrons. The van der Waals surface area contributed by atoms with Gasteiger partial charge < -0.3 is 0 Å². The molecule has 1 aliphatic carbocycles. The van der Waals surface area contributed by atoms with Crippen LogP contribution in [0.2, 0.25) is 0 Å². The van der Waals surface area contributed by atoms with Gasteiger partial charge in [0.1, 0.15) is 5.78 Å². The molecule has 0 amide bonds. The highest BCUT2D eigenvalue weighted by Crippen LogP contribution is 2.55. The Morgan fingerprint density at radius 3 is 2.40 bits per heavy atom. The first kappa shape index (κ1) is 10.4. The quantitative estimate of drug-likeness (QED) is 0.718. The third kappa shape index (κ3) is 1.33. The molecule has 0 aromatic heterocycles. The lowest BCUT2D eigenvalue weighted by Gasteiger charge is -2.50. The molecule has 2 rings (SSSR count). The second kappa shape index (κ2) is 3.48. The standard InChI is InChI=1S/C14H18O/c1-4-14(3)12(10(2)13(14)15)11-8-6-5-7-9-11/h5-10,12H,4H2,1-3H3. The number of carbonyl (C=O) groups excluding carboxylic acids is 1. The van der Waals surface area contributed by atoms with Crippen LogP contribution in [0.15, 0.2) is 30.3 Å². The summed E-state index contributed by atoms with van der Waals surface area (Å²) in [5, 5.41) is 0. The first-order valence-corrected chi connectivity index (χ1v) is 5.70. The van der Waals surface area contributed by atoms with Crippen LogP contribution in [0.25, 0.3) is 0 Å². The minimum absolute atomic E-state index is 0.124. The number of Topliss-reactive ketones (excluding diaryl/α,β-unsaturated/α-hetero) is 1. The van der Waals surface area contributed by atoms with Gasteiger partial charge >= 0.3 is 0 Å². The lowest BCUT2D eigenvalue weighted by atomic mass is 9.51. The molecule has 1 aromatic rings. The third-order valence-electron chi connectivity index (χ3n) is 4.06. The highest BCUT2D eigenvalue weighted by Gasteiger charge is 2.55. The zero-order valence-corrected chi connectivity index (χ0v) is 9.66. The topological polar surface area (TPSA) is 17.1 Å². The van der Waals surface area contributed by atoms with Crippen molar-refractivity contribution in [1.29, 1.82) is 0 Å². The van der Waals surface area contributed by atoms with E-state index in [4.69, 9.17) is 0 Å². The summed E-state index contributed by atoms with van der Waals surface area (Å²) in [6.07, 6.45) is 0.940. The maximum Gasteiger partial charge on any atom is 0.142 e. The van der Waals surface area contributed by atoms with Gasteiger partial charge in [0.25, 0.3) is 0 Å². The van der Waals surface area contributed by atoms with E-state index >= 15 is 0 Å². The maximum absolute atomic E-state index is 11.9. The van der Waals surface area contributed by atoms with Gasteiger partial charge in [0, 0.05) is 17.3 Å². The number of rotatable bonds is 2. The molecule has 0 N–H and O–H groups in total. The molecule has 0 bridgehead atoms. The van der Waals surface area contributed by atoms with E-state index in [2.05, 4.69) is 45.0 Å². The Balaban J connectivity index is 2.34. The molecular weight excluding hydrogens is 184 g/mol. The smallest absolute Gasteiger partial charge is 0.142 e. The second-order valence-corrected chi connectivity index (χ2v) is 4.81. The molecule has 1 fully saturated rings. The number of hydrogen-bond acceptors (Lipinski definition) is 1. The van der Waals surface area contributed by atoms with Gasteiger partial charge in [-0.15, -0.1) is 0 Å². The minimum Gasteiger partial charge on any atom is -0.299 e. The molecule has 1 aromatic carbocycles. The lowest BCUT2D eigenvalue weighted by Crippen LogP contribution is -2.52. The Morgan fingerprint density at radius 1 is 1.27 bits per heavy atom. The Labute approximate surface area is 91.5 Å². The van der Waals surface area contributed by atoms with Crippen molar-refractivity contribution in [2.24, 2.45) is 11.3 Å². The number of ketones is 1. The summed E-state index contributed by atoms with van der Waals surface area (Å²) in [5.74, 6) is 1.03. The van der Waals surface area contributed by atoms with Gasteiger partial charge in [-0.05, 0) is 12.0 Å². The van der Waals surface area contributed by atoms with E-state index in [0.29, 0.717) is 11.7 Å². The van der Waals surface area contributed by atoms with Crippen molar-refractivity contribution in [3.05, 3.63) is 35.9 Å². The number of hydrogen-bond donors (Lipinski definition) is 0. The summed E-state index contributed by atoms with van der Waals surface area (Å²) >= 11 is 0. The van der Waals surface area contributed by atoms with Crippen LogP contribution < -0.4 is 0 Å². The fourth-order valence-corrected chi connectivity index (χ4v) is 2.99. The summed E-state index contributed by atoms with van der Waals surface area (Å²) < 4.78 is 0. The molecule has 0 saturated heterocycles. The maximum atomic E-state index is 11.9. The molecule has 0 spiro atoms. The van der Waals surface area contributed by atoms with E-state index in [-0.39, 0.29) is 11.3 Å². The molecule has 3 unspecified atom stereocenters. The number of carbonyl (C=O) groups is 1. The van der Waals surface area contributed by atoms with Gasteiger partial charge in [-0.3, -0.25) is 4.79 Å². The molecule has 0 heterocycles. The normalized spacial score (nSPS) is 35.0. The third-order valence-corrected chi connectivity index (χ3v) is 4.06. The van der Waals surface area contributed by atoms with Gasteiger partial charge in [-0.25, -0.2) is 0 Å². The highest BCUT2D eigenvalue weighted by molar-refractivity contribution is 5.95. The first-order chi connectivity index (χ1) is 7.11. The lowest BCUT2D eigenvalue weighted by molar-refractivity contribution is -0.147. The van der Waals surface area contributed by atoms with Crippen molar-refractivity contribution >= 4 is 5.78 Å². The van der Waals surface area contributed by atoms with Gasteiger partial charge in [-0.2, -0.15) is 0 Å². The largest absolute Gasteiger partial charge is 0.299 e. The zero-order valence-electron chi connectivity index (χ0n) is 9.66. The van der Waals surface area contributed by atoms with Crippen molar-refractivity contribution in [3.63, 3.8) is 0 Å². The van der Waals surface area contributed by atoms with E-state index < -0.39 is 0 Å². The molecule has 1 heteroatoms. The highest BCUT2D eigenvalue weighted by atomic mass is 16.1. The van der Waals surface area contributed by atoms with Crippen LogP contribution in [0.4, 0.5) is 0 Å². The Hall–Kier alpha value is -1.11. The molecule has 3 atom stereocenters. The average Bonchev–Trinajstić information content (AvgIpc) is 2.29. The van der Waals surface area contributed by atoms with Crippen molar-refractivity contribution < 1.29 is 4.79 Å². The molecule has 1 aliphatic rings. The average molecular weight is 202 g/mol.